The van der Waals surface area contributed by atoms with Crippen molar-refractivity contribution < 1.29 is 0 Å². The minimum atomic E-state index is 0.531. The average Bonchev–Trinajstić information content (AvgIpc) is 3.03. The Morgan fingerprint density at radius 1 is 1.42 bits per heavy atom. The van der Waals surface area contributed by atoms with E-state index in [0.29, 0.717) is 11.8 Å². The van der Waals surface area contributed by atoms with Crippen LogP contribution in [0.25, 0.3) is 11.0 Å². The SMILES string of the molecule is CCCn1c(C2CCCC2CN)nc2cnccc21. The summed E-state index contributed by atoms with van der Waals surface area (Å²) in [6.45, 7) is 4.02. The van der Waals surface area contributed by atoms with Crippen LogP contribution in [0.15, 0.2) is 18.5 Å². The van der Waals surface area contributed by atoms with Gasteiger partial charge in [0.15, 0.2) is 0 Å². The molecule has 0 aliphatic heterocycles. The maximum absolute atomic E-state index is 5.93. The maximum Gasteiger partial charge on any atom is 0.113 e. The van der Waals surface area contributed by atoms with E-state index in [-0.39, 0.29) is 0 Å². The zero-order valence-corrected chi connectivity index (χ0v) is 11.5. The van der Waals surface area contributed by atoms with Gasteiger partial charge in [0.05, 0.1) is 11.7 Å². The molecule has 0 spiro atoms. The van der Waals surface area contributed by atoms with E-state index in [1.54, 1.807) is 0 Å². The van der Waals surface area contributed by atoms with Gasteiger partial charge in [0.25, 0.3) is 0 Å². The lowest BCUT2D eigenvalue weighted by molar-refractivity contribution is 0.459. The van der Waals surface area contributed by atoms with Crippen LogP contribution in [0.3, 0.4) is 0 Å². The van der Waals surface area contributed by atoms with E-state index in [2.05, 4.69) is 22.5 Å². The number of hydrogen-bond acceptors (Lipinski definition) is 3. The molecule has 1 saturated carbocycles. The number of imidazole rings is 1. The average molecular weight is 258 g/mol. The van der Waals surface area contributed by atoms with Crippen molar-refractivity contribution in [2.24, 2.45) is 11.7 Å². The minimum absolute atomic E-state index is 0.531. The predicted octanol–water partition coefficient (Wildman–Crippen LogP) is 2.68. The molecule has 0 aromatic carbocycles. The van der Waals surface area contributed by atoms with E-state index >= 15 is 0 Å². The van der Waals surface area contributed by atoms with E-state index in [0.717, 1.165) is 25.0 Å². The van der Waals surface area contributed by atoms with E-state index in [4.69, 9.17) is 10.7 Å². The third-order valence-electron chi connectivity index (χ3n) is 4.32. The van der Waals surface area contributed by atoms with Gasteiger partial charge in [-0.25, -0.2) is 4.98 Å². The molecule has 2 atom stereocenters. The van der Waals surface area contributed by atoms with Crippen LogP contribution in [0, 0.1) is 5.92 Å². The van der Waals surface area contributed by atoms with E-state index in [9.17, 15) is 0 Å². The maximum atomic E-state index is 5.93. The normalized spacial score (nSPS) is 23.3. The molecule has 4 heteroatoms. The molecule has 4 nitrogen and oxygen atoms in total. The molecule has 0 amide bonds. The zero-order chi connectivity index (χ0) is 13.2. The molecule has 3 rings (SSSR count). The minimum Gasteiger partial charge on any atom is -0.330 e. The molecule has 2 heterocycles. The largest absolute Gasteiger partial charge is 0.330 e. The molecule has 0 saturated heterocycles. The van der Waals surface area contributed by atoms with Crippen molar-refractivity contribution in [3.05, 3.63) is 24.3 Å². The summed E-state index contributed by atoms with van der Waals surface area (Å²) < 4.78 is 2.38. The van der Waals surface area contributed by atoms with Crippen LogP contribution in [0.2, 0.25) is 0 Å². The Morgan fingerprint density at radius 2 is 2.32 bits per heavy atom. The summed E-state index contributed by atoms with van der Waals surface area (Å²) in [5, 5.41) is 0. The highest BCUT2D eigenvalue weighted by Gasteiger charge is 2.31. The summed E-state index contributed by atoms with van der Waals surface area (Å²) in [6.07, 6.45) is 8.60. The van der Waals surface area contributed by atoms with Crippen LogP contribution in [0.1, 0.15) is 44.3 Å². The Hall–Kier alpha value is -1.42. The number of rotatable bonds is 4. The number of aryl methyl sites for hydroxylation is 1. The zero-order valence-electron chi connectivity index (χ0n) is 11.5. The molecule has 19 heavy (non-hydrogen) atoms. The third kappa shape index (κ3) is 2.14. The van der Waals surface area contributed by atoms with Crippen LogP contribution in [-0.4, -0.2) is 21.1 Å². The lowest BCUT2D eigenvalue weighted by Gasteiger charge is -2.19. The molecule has 2 aromatic heterocycles. The fourth-order valence-corrected chi connectivity index (χ4v) is 3.40. The topological polar surface area (TPSA) is 56.7 Å². The second-order valence-corrected chi connectivity index (χ2v) is 5.52. The van der Waals surface area contributed by atoms with Gasteiger partial charge in [0, 0.05) is 18.7 Å². The molecule has 1 aliphatic carbocycles. The summed E-state index contributed by atoms with van der Waals surface area (Å²) in [6, 6.07) is 2.08. The predicted molar refractivity (Wildman–Crippen MR) is 77.0 cm³/mol. The Balaban J connectivity index is 2.08. The van der Waals surface area contributed by atoms with Crippen LogP contribution in [-0.2, 0) is 6.54 Å². The highest BCUT2D eigenvalue weighted by molar-refractivity contribution is 5.74. The highest BCUT2D eigenvalue weighted by Crippen LogP contribution is 2.39. The van der Waals surface area contributed by atoms with Crippen molar-refractivity contribution in [3.63, 3.8) is 0 Å². The number of aromatic nitrogens is 3. The molecule has 0 radical (unpaired) electrons. The van der Waals surface area contributed by atoms with Gasteiger partial charge in [-0.3, -0.25) is 4.98 Å². The first-order valence-electron chi connectivity index (χ1n) is 7.35. The first kappa shape index (κ1) is 12.6. The molecular formula is C15H22N4. The smallest absolute Gasteiger partial charge is 0.113 e. The molecule has 1 aliphatic rings. The number of hydrogen-bond donors (Lipinski definition) is 1. The van der Waals surface area contributed by atoms with Gasteiger partial charge in [0.2, 0.25) is 0 Å². The fourth-order valence-electron chi connectivity index (χ4n) is 3.40. The highest BCUT2D eigenvalue weighted by atomic mass is 15.1. The van der Waals surface area contributed by atoms with E-state index < -0.39 is 0 Å². The molecular weight excluding hydrogens is 236 g/mol. The van der Waals surface area contributed by atoms with Crippen molar-refractivity contribution in [2.75, 3.05) is 6.54 Å². The van der Waals surface area contributed by atoms with Crippen LogP contribution >= 0.6 is 0 Å². The second kappa shape index (κ2) is 5.29. The van der Waals surface area contributed by atoms with Crippen LogP contribution < -0.4 is 5.73 Å². The molecule has 2 aromatic rings. The fraction of sp³-hybridized carbons (Fsp3) is 0.600. The number of pyridine rings is 1. The second-order valence-electron chi connectivity index (χ2n) is 5.52. The molecule has 102 valence electrons. The Bertz CT molecular complexity index is 560. The Morgan fingerprint density at radius 3 is 3.11 bits per heavy atom. The number of nitrogens with zero attached hydrogens (tertiary/aromatic N) is 3. The molecule has 2 N–H and O–H groups in total. The Kier molecular flexibility index (Phi) is 3.51. The molecule has 2 unspecified atom stereocenters. The van der Waals surface area contributed by atoms with Gasteiger partial charge in [-0.2, -0.15) is 0 Å². The summed E-state index contributed by atoms with van der Waals surface area (Å²) >= 11 is 0. The lowest BCUT2D eigenvalue weighted by atomic mass is 9.95. The summed E-state index contributed by atoms with van der Waals surface area (Å²) in [4.78, 5) is 9.05. The summed E-state index contributed by atoms with van der Waals surface area (Å²) in [5.74, 6) is 2.36. The van der Waals surface area contributed by atoms with Crippen molar-refractivity contribution in [3.8, 4) is 0 Å². The standard InChI is InChI=1S/C15H22N4/c1-2-8-19-14-6-7-17-10-13(14)18-15(19)12-5-3-4-11(12)9-16/h6-7,10-12H,2-5,8-9,16H2,1H3. The van der Waals surface area contributed by atoms with Gasteiger partial charge in [-0.1, -0.05) is 13.3 Å². The van der Waals surface area contributed by atoms with Crippen LogP contribution in [0.4, 0.5) is 0 Å². The summed E-state index contributed by atoms with van der Waals surface area (Å²) in [7, 11) is 0. The monoisotopic (exact) mass is 258 g/mol. The van der Waals surface area contributed by atoms with Gasteiger partial charge in [0.1, 0.15) is 11.3 Å². The van der Waals surface area contributed by atoms with Gasteiger partial charge >= 0.3 is 0 Å². The number of fused-ring (bicyclic) bond motifs is 1. The Labute approximate surface area is 114 Å². The van der Waals surface area contributed by atoms with Gasteiger partial charge < -0.3 is 10.3 Å². The molecule has 1 fully saturated rings. The molecule has 0 bridgehead atoms. The number of nitrogens with two attached hydrogens (primary N) is 1. The van der Waals surface area contributed by atoms with Crippen molar-refractivity contribution in [1.82, 2.24) is 14.5 Å². The first-order valence-corrected chi connectivity index (χ1v) is 7.35. The van der Waals surface area contributed by atoms with Crippen molar-refractivity contribution in [2.45, 2.75) is 45.1 Å². The third-order valence-corrected chi connectivity index (χ3v) is 4.32. The first-order chi connectivity index (χ1) is 9.35. The van der Waals surface area contributed by atoms with E-state index in [1.807, 2.05) is 12.4 Å². The van der Waals surface area contributed by atoms with E-state index in [1.165, 1.54) is 30.6 Å². The van der Waals surface area contributed by atoms with Gasteiger partial charge in [-0.15, -0.1) is 0 Å². The lowest BCUT2D eigenvalue weighted by Crippen LogP contribution is -2.20. The summed E-state index contributed by atoms with van der Waals surface area (Å²) in [5.41, 5.74) is 8.17. The quantitative estimate of drug-likeness (QED) is 0.917. The van der Waals surface area contributed by atoms with Crippen molar-refractivity contribution >= 4 is 11.0 Å². The van der Waals surface area contributed by atoms with Gasteiger partial charge in [-0.05, 0) is 37.8 Å². The van der Waals surface area contributed by atoms with Crippen molar-refractivity contribution in [1.29, 1.82) is 0 Å². The van der Waals surface area contributed by atoms with Crippen LogP contribution in [0.5, 0.6) is 0 Å².